The van der Waals surface area contributed by atoms with Gasteiger partial charge in [-0.05, 0) is 122 Å². The normalized spacial score (nSPS) is 29.6. The van der Waals surface area contributed by atoms with Crippen LogP contribution >= 0.6 is 0 Å². The van der Waals surface area contributed by atoms with Crippen LogP contribution in [0.1, 0.15) is 148 Å². The fraction of sp³-hybridized carbons (Fsp3) is 0.753. The zero-order valence-corrected chi connectivity index (χ0v) is 75.3. The maximum Gasteiger partial charge on any atom is 0.322 e. The molecule has 0 spiro atoms. The molecule has 13 saturated heterocycles. The maximum absolute atomic E-state index is 14.5. The highest BCUT2D eigenvalue weighted by Crippen LogP contribution is 2.34. The highest BCUT2D eigenvalue weighted by Gasteiger charge is 2.53. The molecule has 20 atom stereocenters. The summed E-state index contributed by atoms with van der Waals surface area (Å²) in [7, 11) is 0. The van der Waals surface area contributed by atoms with E-state index in [1.807, 2.05) is 0 Å². The molecule has 744 valence electrons. The fourth-order valence-electron chi connectivity index (χ4n) is 21.5. The van der Waals surface area contributed by atoms with E-state index in [-0.39, 0.29) is 174 Å². The lowest BCUT2D eigenvalue weighted by molar-refractivity contribution is -0.148. The van der Waals surface area contributed by atoms with Crippen molar-refractivity contribution in [2.75, 3.05) is 137 Å². The van der Waals surface area contributed by atoms with E-state index in [1.54, 1.807) is 0 Å². The molecule has 0 aromatic heterocycles. The molecule has 135 heavy (non-hydrogen) atoms. The number of aliphatic hydroxyl groups is 6. The molecular formula is C85H126N22O28. The molecule has 13 aliphatic rings. The Balaban J connectivity index is 0.538. The van der Waals surface area contributed by atoms with Crippen LogP contribution in [0, 0.1) is 0 Å². The fourth-order valence-corrected chi connectivity index (χ4v) is 21.5. The number of amides is 20. The number of nitrogens with two attached hydrogens (primary N) is 1. The number of hydrogen-bond acceptors (Lipinski definition) is 29. The molecule has 13 fully saturated rings. The van der Waals surface area contributed by atoms with Crippen LogP contribution in [0.2, 0.25) is 0 Å². The van der Waals surface area contributed by atoms with Gasteiger partial charge in [0.15, 0.2) is 0 Å². The van der Waals surface area contributed by atoms with Crippen molar-refractivity contribution < 1.29 is 136 Å². The van der Waals surface area contributed by atoms with E-state index in [0.717, 1.165) is 24.5 Å². The molecule has 0 unspecified atom stereocenters. The van der Waals surface area contributed by atoms with Gasteiger partial charge in [-0.1, -0.05) is 0 Å². The second-order valence-electron chi connectivity index (χ2n) is 37.3. The highest BCUT2D eigenvalue weighted by atomic mass is 16.4. The number of carboxylic acids is 1. The predicted molar refractivity (Wildman–Crippen MR) is 460 cm³/mol. The Morgan fingerprint density at radius 2 is 0.533 bits per heavy atom. The third-order valence-corrected chi connectivity index (χ3v) is 28.2. The van der Waals surface area contributed by atoms with Crippen LogP contribution in [0.3, 0.4) is 0 Å². The van der Waals surface area contributed by atoms with Crippen molar-refractivity contribution in [2.24, 2.45) is 5.73 Å². The molecule has 0 aromatic rings. The van der Waals surface area contributed by atoms with Gasteiger partial charge in [0.05, 0.1) is 81.9 Å². The lowest BCUT2D eigenvalue weighted by Crippen LogP contribution is -2.57. The van der Waals surface area contributed by atoms with Crippen LogP contribution in [0.4, 0.5) is 0 Å². The molecule has 18 N–H and O–H groups in total. The van der Waals surface area contributed by atoms with E-state index < -0.39 is 285 Å². The van der Waals surface area contributed by atoms with Gasteiger partial charge in [0, 0.05) is 117 Å². The number of likely N-dealkylation sites (tertiary alicyclic amines) is 12. The minimum absolute atomic E-state index is 0.0261. The van der Waals surface area contributed by atoms with Crippen molar-refractivity contribution in [2.45, 2.75) is 269 Å². The molecule has 0 bridgehead atoms. The largest absolute Gasteiger partial charge is 0.480 e. The highest BCUT2D eigenvalue weighted by molar-refractivity contribution is 6.02. The lowest BCUT2D eigenvalue weighted by Gasteiger charge is -2.32. The van der Waals surface area contributed by atoms with Gasteiger partial charge < -0.3 is 148 Å². The van der Waals surface area contributed by atoms with Gasteiger partial charge in [-0.25, -0.2) is 0 Å². The van der Waals surface area contributed by atoms with Gasteiger partial charge >= 0.3 is 5.97 Å². The number of β-amino-alcohol motifs (C(OH)–C–C–N with tert-alkyl or cyclic N) is 6. The van der Waals surface area contributed by atoms with E-state index >= 15 is 0 Å². The average molecular weight is 1900 g/mol. The zero-order chi connectivity index (χ0) is 97.1. The first-order chi connectivity index (χ1) is 64.5. The maximum atomic E-state index is 14.5. The first-order valence-corrected chi connectivity index (χ1v) is 47.1. The Morgan fingerprint density at radius 3 is 0.785 bits per heavy atom. The van der Waals surface area contributed by atoms with E-state index in [4.69, 9.17) is 10.8 Å². The van der Waals surface area contributed by atoms with Crippen molar-refractivity contribution >= 4 is 124 Å². The Morgan fingerprint density at radius 1 is 0.289 bits per heavy atom. The molecule has 50 heteroatoms. The molecule has 20 amide bonds. The first kappa shape index (κ1) is 101. The molecule has 13 heterocycles. The summed E-state index contributed by atoms with van der Waals surface area (Å²) >= 11 is 0. The topological polar surface area (TPSA) is 673 Å². The molecule has 0 aromatic carbocycles. The van der Waals surface area contributed by atoms with Crippen LogP contribution < -0.4 is 53.6 Å². The Kier molecular flexibility index (Phi) is 33.7. The monoisotopic (exact) mass is 1900 g/mol. The van der Waals surface area contributed by atoms with Crippen molar-refractivity contribution in [3.05, 3.63) is 0 Å². The van der Waals surface area contributed by atoms with E-state index in [2.05, 4.69) is 47.9 Å². The molecule has 50 nitrogen and oxygen atoms in total. The second kappa shape index (κ2) is 45.0. The van der Waals surface area contributed by atoms with E-state index in [9.17, 15) is 131 Å². The van der Waals surface area contributed by atoms with E-state index in [0.29, 0.717) is 70.8 Å². The smallest absolute Gasteiger partial charge is 0.322 e. The van der Waals surface area contributed by atoms with Gasteiger partial charge in [0.2, 0.25) is 118 Å². The number of unbranched alkanes of at least 4 members (excludes halogenated alkanes) is 1. The van der Waals surface area contributed by atoms with Gasteiger partial charge in [-0.3, -0.25) is 101 Å². The molecule has 13 aliphatic heterocycles. The summed E-state index contributed by atoms with van der Waals surface area (Å²) in [6.07, 6.45) is -2.66. The summed E-state index contributed by atoms with van der Waals surface area (Å²) in [5.41, 5.74) is 5.80. The Hall–Kier alpha value is -11.4. The summed E-state index contributed by atoms with van der Waals surface area (Å²) < 4.78 is 0. The van der Waals surface area contributed by atoms with Gasteiger partial charge in [0.25, 0.3) is 0 Å². The van der Waals surface area contributed by atoms with Gasteiger partial charge in [0.1, 0.15) is 85.1 Å². The molecule has 0 saturated carbocycles. The summed E-state index contributed by atoms with van der Waals surface area (Å²) in [5, 5.41) is 96.2. The second-order valence-corrected chi connectivity index (χ2v) is 37.3. The number of nitrogens with zero attached hydrogens (tertiary/aromatic N) is 12. The Bertz CT molecular complexity index is 4550. The quantitative estimate of drug-likeness (QED) is 0.0271. The number of aliphatic carboxylic acids is 1. The van der Waals surface area contributed by atoms with Gasteiger partial charge in [-0.15, -0.1) is 0 Å². The number of nitrogens with one attached hydrogen (secondary N) is 9. The summed E-state index contributed by atoms with van der Waals surface area (Å²) in [5.74, 6) is -15.3. The van der Waals surface area contributed by atoms with Crippen LogP contribution in [-0.4, -0.2) is 477 Å². The standard InChI is InChI=1S/C85H126N22O28/c86-18-2-1-10-51(95-65(114)33-88-72(122)55-13-5-21-98(55)81(131)60-27-46(109)40-103(60)67(116)35-90-74(124)54-12-4-20-97(54)80(130)52-26-45(108)32-87-52)79(129)96-19-3-11-53(96)73(123)89-34-66(115)104-41-47(110)28-61(104)82(132)99-22-6-14-56(99)75(125)91-36-68(117)105-42-48(111)29-62(105)83(133)100-23-7-15-57(100)76(126)92-37-69(118)106-43-49(112)30-63(106)84(134)101-24-8-16-58(101)77(127)93-38-70(119)107-44-50(113)31-64(107)85(135)102-25-9-17-59(102)78(128)94-39-71(120)121/h45-64,87,108-113H,1-44,86H2,(H,88,122)(H,89,123)(H,90,124)(H,91,125)(H,92,126)(H,93,127)(H,94,128)(H,95,114)(H,120,121)/t45-,46-,47-,48-,49-,50-,51+,52+,53+,54+,55+,56+,57+,58+,59+,60+,61+,62+,63+,64+/m1/s1. The summed E-state index contributed by atoms with van der Waals surface area (Å²) in [6.45, 7) is -4.96. The van der Waals surface area contributed by atoms with Crippen molar-refractivity contribution in [1.82, 2.24) is 107 Å². The lowest BCUT2D eigenvalue weighted by atomic mass is 10.1. The number of carboxylic acid groups (broad SMARTS) is 1. The first-order valence-electron chi connectivity index (χ1n) is 47.1. The summed E-state index contributed by atoms with van der Waals surface area (Å²) in [4.78, 5) is 304. The SMILES string of the molecule is NCCCC[C@H](NC(=O)CNC(=O)[C@@H]1CCCN1C(=O)[C@@H]1C[C@@H](O)CN1C(=O)CNC(=O)[C@@H]1CCCN1C(=O)[C@@H]1C[C@@H](O)CN1)C(=O)N1CCC[C@H]1C(=O)NCC(=O)N1C[C@H](O)C[C@H]1C(=O)N1CCC[C@H]1C(=O)NCC(=O)N1C[C@H](O)C[C@H]1C(=O)N1CCC[C@H]1C(=O)NCC(=O)N1C[C@H](O)C[C@H]1C(=O)N1CCC[C@H]1C(=O)NCC(=O)N1C[C@H](O)C[C@H]1C(=O)N1CCC[C@H]1C(=O)NCC(=O)O. The van der Waals surface area contributed by atoms with Crippen molar-refractivity contribution in [3.63, 3.8) is 0 Å². The number of carbonyl (C=O) groups excluding carboxylic acids is 20. The van der Waals surface area contributed by atoms with Crippen LogP contribution in [0.15, 0.2) is 0 Å². The number of rotatable bonds is 33. The number of hydrogen-bond donors (Lipinski definition) is 17. The van der Waals surface area contributed by atoms with Gasteiger partial charge in [-0.2, -0.15) is 0 Å². The molecule has 13 rings (SSSR count). The van der Waals surface area contributed by atoms with Crippen molar-refractivity contribution in [3.8, 4) is 0 Å². The minimum atomic E-state index is -1.32. The summed E-state index contributed by atoms with van der Waals surface area (Å²) in [6, 6.07) is -15.8. The number of aliphatic hydroxyl groups excluding tert-OH is 6. The average Bonchev–Trinajstić information content (AvgIpc) is 1.66. The molecule has 0 radical (unpaired) electrons. The van der Waals surface area contributed by atoms with Crippen LogP contribution in [0.5, 0.6) is 0 Å². The van der Waals surface area contributed by atoms with Crippen LogP contribution in [0.25, 0.3) is 0 Å². The third-order valence-electron chi connectivity index (χ3n) is 28.2. The van der Waals surface area contributed by atoms with Crippen LogP contribution in [-0.2, 0) is 101 Å². The molecule has 0 aliphatic carbocycles. The number of carbonyl (C=O) groups is 21. The zero-order valence-electron chi connectivity index (χ0n) is 75.3. The molecular weight excluding hydrogens is 1780 g/mol. The third kappa shape index (κ3) is 23.5. The van der Waals surface area contributed by atoms with Crippen molar-refractivity contribution in [1.29, 1.82) is 0 Å². The Labute approximate surface area is 776 Å². The van der Waals surface area contributed by atoms with E-state index in [1.165, 1.54) is 34.3 Å². The predicted octanol–water partition coefficient (Wildman–Crippen LogP) is -13.0. The minimum Gasteiger partial charge on any atom is -0.480 e.